The quantitative estimate of drug-likeness (QED) is 0.423. The second-order valence-electron chi connectivity index (χ2n) is 8.91. The lowest BCUT2D eigenvalue weighted by Crippen LogP contribution is -2.28. The molecule has 0 amide bonds. The number of nitrogens with zero attached hydrogens (tertiary/aromatic N) is 6. The van der Waals surface area contributed by atoms with Gasteiger partial charge in [0, 0.05) is 49.8 Å². The Morgan fingerprint density at radius 1 is 1.23 bits per heavy atom. The molecule has 0 bridgehead atoms. The molecule has 1 atom stereocenters. The van der Waals surface area contributed by atoms with Crippen molar-refractivity contribution in [1.29, 1.82) is 5.26 Å². The maximum Gasteiger partial charge on any atom is 0.158 e. The van der Waals surface area contributed by atoms with E-state index in [-0.39, 0.29) is 0 Å². The van der Waals surface area contributed by atoms with Crippen LogP contribution >= 0.6 is 11.6 Å². The Hall–Kier alpha value is -3.63. The molecule has 1 N–H and O–H groups in total. The van der Waals surface area contributed by atoms with Crippen LogP contribution in [0.4, 0.5) is 17.3 Å². The third-order valence-electron chi connectivity index (χ3n) is 6.12. The first kappa shape index (κ1) is 24.5. The Bertz CT molecular complexity index is 1240. The summed E-state index contributed by atoms with van der Waals surface area (Å²) in [7, 11) is 2.09. The minimum atomic E-state index is 0.320. The summed E-state index contributed by atoms with van der Waals surface area (Å²) in [5.41, 5.74) is 2.87. The zero-order valence-electron chi connectivity index (χ0n) is 20.2. The lowest BCUT2D eigenvalue weighted by Gasteiger charge is -2.27. The number of rotatable bonds is 8. The number of benzene rings is 1. The molecule has 0 fully saturated rings. The van der Waals surface area contributed by atoms with Crippen molar-refractivity contribution in [1.82, 2.24) is 15.0 Å². The summed E-state index contributed by atoms with van der Waals surface area (Å²) in [6.07, 6.45) is 4.87. The van der Waals surface area contributed by atoms with E-state index in [1.807, 2.05) is 36.4 Å². The van der Waals surface area contributed by atoms with Crippen molar-refractivity contribution in [2.45, 2.75) is 32.6 Å². The second-order valence-corrected chi connectivity index (χ2v) is 9.35. The van der Waals surface area contributed by atoms with Gasteiger partial charge in [0.1, 0.15) is 17.5 Å². The molecule has 180 valence electrons. The Labute approximate surface area is 212 Å². The first-order chi connectivity index (χ1) is 16.9. The van der Waals surface area contributed by atoms with Gasteiger partial charge in [-0.15, -0.1) is 0 Å². The van der Waals surface area contributed by atoms with Gasteiger partial charge in [-0.2, -0.15) is 5.26 Å². The maximum absolute atomic E-state index is 8.88. The molecule has 1 aliphatic heterocycles. The van der Waals surface area contributed by atoms with Crippen LogP contribution < -0.4 is 15.1 Å². The molecule has 0 saturated heterocycles. The molecule has 35 heavy (non-hydrogen) atoms. The summed E-state index contributed by atoms with van der Waals surface area (Å²) in [6, 6.07) is 15.9. The van der Waals surface area contributed by atoms with Gasteiger partial charge in [0.25, 0.3) is 0 Å². The van der Waals surface area contributed by atoms with Crippen molar-refractivity contribution in [2.24, 2.45) is 5.92 Å². The summed E-state index contributed by atoms with van der Waals surface area (Å²) in [5, 5.41) is 12.9. The van der Waals surface area contributed by atoms with Crippen LogP contribution in [0, 0.1) is 17.2 Å². The number of halogens is 1. The molecule has 1 aromatic carbocycles. The molecule has 2 aromatic heterocycles. The largest absolute Gasteiger partial charge is 0.372 e. The number of nitrogens with one attached hydrogen (secondary N) is 1. The van der Waals surface area contributed by atoms with Crippen molar-refractivity contribution in [3.63, 3.8) is 0 Å². The Kier molecular flexibility index (Phi) is 7.84. The molecule has 0 spiro atoms. The van der Waals surface area contributed by atoms with E-state index in [4.69, 9.17) is 21.8 Å². The number of aromatic nitrogens is 3. The zero-order valence-corrected chi connectivity index (χ0v) is 21.0. The van der Waals surface area contributed by atoms with E-state index in [0.29, 0.717) is 29.0 Å². The van der Waals surface area contributed by atoms with Crippen LogP contribution in [0.2, 0.25) is 5.02 Å². The number of nitriles is 1. The molecule has 1 aliphatic rings. The smallest absolute Gasteiger partial charge is 0.158 e. The molecule has 3 aromatic rings. The van der Waals surface area contributed by atoms with Crippen LogP contribution in [0.15, 0.2) is 61.1 Å². The number of fused-ring (bicyclic) bond motifs is 1. The predicted molar refractivity (Wildman–Crippen MR) is 142 cm³/mol. The highest BCUT2D eigenvalue weighted by Crippen LogP contribution is 2.34. The molecule has 1 unspecified atom stereocenters. The average molecular weight is 488 g/mol. The number of anilines is 3. The third-order valence-corrected chi connectivity index (χ3v) is 6.36. The van der Waals surface area contributed by atoms with Gasteiger partial charge in [0.15, 0.2) is 5.82 Å². The van der Waals surface area contributed by atoms with Crippen LogP contribution in [0.25, 0.3) is 11.3 Å². The van der Waals surface area contributed by atoms with E-state index in [9.17, 15) is 0 Å². The van der Waals surface area contributed by atoms with Gasteiger partial charge in [-0.05, 0) is 49.1 Å². The van der Waals surface area contributed by atoms with Crippen molar-refractivity contribution < 1.29 is 0 Å². The van der Waals surface area contributed by atoms with E-state index in [1.165, 1.54) is 0 Å². The van der Waals surface area contributed by atoms with E-state index in [2.05, 4.69) is 57.8 Å². The molecule has 0 saturated carbocycles. The standard InChI is InChI=1S/C27H30ClN7/c1-19(12-14-29)8-11-25-30-15-13-26(33-25)31-20(2)35-17-5-16-34(3)24-10-9-23(32-27(24)35)21-6-4-7-22(28)18-21/h4,6-7,9-10,13,15,18-19H,2,5,8,11-12,16-17H2,1,3H3,(H,30,31,33). The number of pyridine rings is 1. The van der Waals surface area contributed by atoms with Crippen LogP contribution in [0.5, 0.6) is 0 Å². The topological polar surface area (TPSA) is 81.0 Å². The SMILES string of the molecule is C=C(Nc1ccnc(CCC(C)CC#N)n1)N1CCCN(C)c2ccc(-c3cccc(Cl)c3)nc21. The van der Waals surface area contributed by atoms with Crippen molar-refractivity contribution >= 4 is 28.9 Å². The molecular formula is C27H30ClN7. The monoisotopic (exact) mass is 487 g/mol. The van der Waals surface area contributed by atoms with E-state index in [1.54, 1.807) is 6.20 Å². The maximum atomic E-state index is 8.88. The van der Waals surface area contributed by atoms with Crippen LogP contribution in [0.3, 0.4) is 0 Å². The molecule has 8 heteroatoms. The van der Waals surface area contributed by atoms with E-state index in [0.717, 1.165) is 60.9 Å². The molecule has 4 rings (SSSR count). The summed E-state index contributed by atoms with van der Waals surface area (Å²) < 4.78 is 0. The highest BCUT2D eigenvalue weighted by molar-refractivity contribution is 6.30. The van der Waals surface area contributed by atoms with Gasteiger partial charge in [-0.25, -0.2) is 15.0 Å². The highest BCUT2D eigenvalue weighted by Gasteiger charge is 2.23. The minimum absolute atomic E-state index is 0.320. The van der Waals surface area contributed by atoms with Gasteiger partial charge in [0.2, 0.25) is 0 Å². The lowest BCUT2D eigenvalue weighted by molar-refractivity contribution is 0.536. The third kappa shape index (κ3) is 6.09. The van der Waals surface area contributed by atoms with E-state index >= 15 is 0 Å². The van der Waals surface area contributed by atoms with Crippen molar-refractivity contribution in [2.75, 3.05) is 35.3 Å². The zero-order chi connectivity index (χ0) is 24.8. The van der Waals surface area contributed by atoms with E-state index < -0.39 is 0 Å². The Morgan fingerprint density at radius 3 is 2.89 bits per heavy atom. The molecule has 7 nitrogen and oxygen atoms in total. The van der Waals surface area contributed by atoms with Gasteiger partial charge in [0.05, 0.1) is 17.5 Å². The van der Waals surface area contributed by atoms with Gasteiger partial charge >= 0.3 is 0 Å². The van der Waals surface area contributed by atoms with Crippen LogP contribution in [-0.4, -0.2) is 35.1 Å². The van der Waals surface area contributed by atoms with Gasteiger partial charge in [-0.1, -0.05) is 37.2 Å². The molecule has 3 heterocycles. The number of hydrogen-bond acceptors (Lipinski definition) is 7. The van der Waals surface area contributed by atoms with Crippen molar-refractivity contribution in [3.05, 3.63) is 71.9 Å². The Morgan fingerprint density at radius 2 is 2.09 bits per heavy atom. The predicted octanol–water partition coefficient (Wildman–Crippen LogP) is 5.90. The van der Waals surface area contributed by atoms with Gasteiger partial charge < -0.3 is 15.1 Å². The Balaban J connectivity index is 1.57. The summed E-state index contributed by atoms with van der Waals surface area (Å²) in [6.45, 7) is 8.10. The minimum Gasteiger partial charge on any atom is -0.372 e. The number of hydrogen-bond donors (Lipinski definition) is 1. The fourth-order valence-electron chi connectivity index (χ4n) is 4.14. The fraction of sp³-hybridized carbons (Fsp3) is 0.333. The van der Waals surface area contributed by atoms with Crippen LogP contribution in [-0.2, 0) is 6.42 Å². The molecule has 0 radical (unpaired) electrons. The number of aryl methyl sites for hydroxylation is 1. The van der Waals surface area contributed by atoms with Gasteiger partial charge in [-0.3, -0.25) is 0 Å². The fourth-order valence-corrected chi connectivity index (χ4v) is 4.33. The summed E-state index contributed by atoms with van der Waals surface area (Å²) in [4.78, 5) is 18.4. The average Bonchev–Trinajstić information content (AvgIpc) is 3.01. The first-order valence-corrected chi connectivity index (χ1v) is 12.2. The normalized spacial score (nSPS) is 14.0. The molecular weight excluding hydrogens is 458 g/mol. The summed E-state index contributed by atoms with van der Waals surface area (Å²) >= 11 is 6.23. The van der Waals surface area contributed by atoms with Crippen molar-refractivity contribution in [3.8, 4) is 17.3 Å². The van der Waals surface area contributed by atoms with Crippen LogP contribution in [0.1, 0.15) is 32.0 Å². The highest BCUT2D eigenvalue weighted by atomic mass is 35.5. The lowest BCUT2D eigenvalue weighted by atomic mass is 10.0. The summed E-state index contributed by atoms with van der Waals surface area (Å²) in [5.74, 6) is 3.32. The second kappa shape index (κ2) is 11.2. The first-order valence-electron chi connectivity index (χ1n) is 11.8. The molecule has 0 aliphatic carbocycles.